The minimum Gasteiger partial charge on any atom is -0.463 e. The van der Waals surface area contributed by atoms with E-state index in [0.717, 1.165) is 19.3 Å². The average molecular weight is 573 g/mol. The molecule has 0 spiro atoms. The van der Waals surface area contributed by atoms with Gasteiger partial charge in [-0.3, -0.25) is 4.79 Å². The molecule has 230 valence electrons. The Morgan fingerprint density at radius 3 is 1.27 bits per heavy atom. The molecule has 0 aliphatic carbocycles. The minimum atomic E-state index is -0.358. The van der Waals surface area contributed by atoms with E-state index < -0.39 is 0 Å². The van der Waals surface area contributed by atoms with Gasteiger partial charge in [-0.1, -0.05) is 38.0 Å². The van der Waals surface area contributed by atoms with Crippen molar-refractivity contribution in [2.24, 2.45) is 0 Å². The molecule has 11 heteroatoms. The second-order valence-corrected chi connectivity index (χ2v) is 8.47. The summed E-state index contributed by atoms with van der Waals surface area (Å²) in [5.74, 6) is -0.520. The Balaban J connectivity index is 1.68. The molecule has 0 aromatic heterocycles. The Morgan fingerprint density at radius 1 is 0.500 bits per heavy atom. The van der Waals surface area contributed by atoms with E-state index in [4.69, 9.17) is 42.6 Å². The van der Waals surface area contributed by atoms with Crippen molar-refractivity contribution in [1.82, 2.24) is 0 Å². The zero-order chi connectivity index (χ0) is 28.8. The van der Waals surface area contributed by atoms with Gasteiger partial charge in [0.05, 0.1) is 98.1 Å². The average Bonchev–Trinajstić information content (AvgIpc) is 2.97. The first kappa shape index (κ1) is 35.9. The summed E-state index contributed by atoms with van der Waals surface area (Å²) < 4.78 is 48.1. The monoisotopic (exact) mass is 572 g/mol. The highest BCUT2D eigenvalue weighted by Crippen LogP contribution is 2.01. The van der Waals surface area contributed by atoms with Crippen LogP contribution < -0.4 is 0 Å². The summed E-state index contributed by atoms with van der Waals surface area (Å²) in [5.41, 5.74) is 0.524. The number of ether oxygens (including phenoxy) is 9. The summed E-state index contributed by atoms with van der Waals surface area (Å²) in [6.45, 7) is 8.87. The van der Waals surface area contributed by atoms with Crippen molar-refractivity contribution in [3.63, 3.8) is 0 Å². The van der Waals surface area contributed by atoms with Crippen molar-refractivity contribution < 1.29 is 52.2 Å². The standard InChI is InChI=1S/C29H48O11/c1-2-3-5-10-28(30)39-25-23-37-21-19-35-17-15-33-13-11-32-12-14-34-16-18-36-20-22-38-24-26-40-29(31)27-8-6-4-7-9-27/h4,6-9H,2-3,5,10-26H2,1H3. The van der Waals surface area contributed by atoms with Gasteiger partial charge < -0.3 is 42.6 Å². The summed E-state index contributed by atoms with van der Waals surface area (Å²) in [7, 11) is 0. The van der Waals surface area contributed by atoms with Gasteiger partial charge in [0, 0.05) is 6.42 Å². The number of rotatable bonds is 29. The number of unbranched alkanes of at least 4 members (excludes halogenated alkanes) is 2. The van der Waals surface area contributed by atoms with Crippen LogP contribution in [0.15, 0.2) is 30.3 Å². The zero-order valence-corrected chi connectivity index (χ0v) is 24.0. The van der Waals surface area contributed by atoms with E-state index in [1.54, 1.807) is 24.3 Å². The van der Waals surface area contributed by atoms with Crippen molar-refractivity contribution in [2.75, 3.05) is 106 Å². The van der Waals surface area contributed by atoms with E-state index in [1.807, 2.05) is 6.07 Å². The fraction of sp³-hybridized carbons (Fsp3) is 0.724. The molecule has 0 aliphatic heterocycles. The van der Waals surface area contributed by atoms with E-state index in [-0.39, 0.29) is 25.2 Å². The lowest BCUT2D eigenvalue weighted by Crippen LogP contribution is -2.15. The molecule has 0 heterocycles. The maximum absolute atomic E-state index is 11.8. The molecule has 40 heavy (non-hydrogen) atoms. The molecule has 0 amide bonds. The smallest absolute Gasteiger partial charge is 0.338 e. The molecule has 11 nitrogen and oxygen atoms in total. The highest BCUT2D eigenvalue weighted by Gasteiger charge is 2.05. The molecule has 1 aromatic rings. The van der Waals surface area contributed by atoms with E-state index >= 15 is 0 Å². The summed E-state index contributed by atoms with van der Waals surface area (Å²) in [6.07, 6.45) is 3.48. The van der Waals surface area contributed by atoms with E-state index in [2.05, 4.69) is 6.92 Å². The normalized spacial score (nSPS) is 11.0. The van der Waals surface area contributed by atoms with Gasteiger partial charge in [0.25, 0.3) is 0 Å². The van der Waals surface area contributed by atoms with Crippen LogP contribution in [0.1, 0.15) is 43.0 Å². The van der Waals surface area contributed by atoms with E-state index in [9.17, 15) is 9.59 Å². The van der Waals surface area contributed by atoms with Gasteiger partial charge in [-0.15, -0.1) is 0 Å². The van der Waals surface area contributed by atoms with Crippen LogP contribution in [0.5, 0.6) is 0 Å². The predicted octanol–water partition coefficient (Wildman–Crippen LogP) is 3.08. The van der Waals surface area contributed by atoms with Gasteiger partial charge in [0.15, 0.2) is 0 Å². The number of esters is 2. The molecule has 0 saturated carbocycles. The second kappa shape index (κ2) is 28.4. The third-order valence-corrected chi connectivity index (χ3v) is 5.18. The molecule has 0 unspecified atom stereocenters. The maximum atomic E-state index is 11.8. The molecule has 0 radical (unpaired) electrons. The quantitative estimate of drug-likeness (QED) is 0.104. The molecule has 0 fully saturated rings. The Hall–Kier alpha value is -2.12. The van der Waals surface area contributed by atoms with Crippen LogP contribution in [-0.2, 0) is 47.4 Å². The van der Waals surface area contributed by atoms with Gasteiger partial charge in [-0.05, 0) is 18.6 Å². The maximum Gasteiger partial charge on any atom is 0.338 e. The molecule has 0 saturated heterocycles. The van der Waals surface area contributed by atoms with Crippen molar-refractivity contribution >= 4 is 11.9 Å². The first-order valence-corrected chi connectivity index (χ1v) is 14.2. The Morgan fingerprint density at radius 2 is 0.875 bits per heavy atom. The lowest BCUT2D eigenvalue weighted by Gasteiger charge is -2.09. The molecule has 0 bridgehead atoms. The van der Waals surface area contributed by atoms with Gasteiger partial charge in [0.1, 0.15) is 13.2 Å². The molecular weight excluding hydrogens is 524 g/mol. The number of hydrogen-bond acceptors (Lipinski definition) is 11. The van der Waals surface area contributed by atoms with Gasteiger partial charge >= 0.3 is 11.9 Å². The third-order valence-electron chi connectivity index (χ3n) is 5.18. The lowest BCUT2D eigenvalue weighted by molar-refractivity contribution is -0.145. The Labute approximate surface area is 238 Å². The molecular formula is C29H48O11. The summed E-state index contributed by atoms with van der Waals surface area (Å²) in [5, 5.41) is 0. The van der Waals surface area contributed by atoms with Crippen LogP contribution in [-0.4, -0.2) is 118 Å². The van der Waals surface area contributed by atoms with Crippen molar-refractivity contribution in [2.45, 2.75) is 32.6 Å². The third kappa shape index (κ3) is 23.7. The number of hydrogen-bond donors (Lipinski definition) is 0. The second-order valence-electron chi connectivity index (χ2n) is 8.47. The topological polar surface area (TPSA) is 117 Å². The highest BCUT2D eigenvalue weighted by atomic mass is 16.6. The SMILES string of the molecule is CCCCCC(=O)OCCOCCOCCOCCOCCOCCOCCOCCOC(=O)c1ccccc1. The lowest BCUT2D eigenvalue weighted by atomic mass is 10.2. The zero-order valence-electron chi connectivity index (χ0n) is 24.0. The van der Waals surface area contributed by atoms with Crippen LogP contribution in [0.2, 0.25) is 0 Å². The van der Waals surface area contributed by atoms with Crippen molar-refractivity contribution in [1.29, 1.82) is 0 Å². The summed E-state index contributed by atoms with van der Waals surface area (Å²) >= 11 is 0. The molecule has 0 N–H and O–H groups in total. The van der Waals surface area contributed by atoms with Crippen molar-refractivity contribution in [3.8, 4) is 0 Å². The molecule has 0 atom stereocenters. The largest absolute Gasteiger partial charge is 0.463 e. The van der Waals surface area contributed by atoms with Crippen LogP contribution in [0.25, 0.3) is 0 Å². The summed E-state index contributed by atoms with van der Waals surface area (Å²) in [6, 6.07) is 8.84. The van der Waals surface area contributed by atoms with Gasteiger partial charge in [-0.25, -0.2) is 4.79 Å². The fourth-order valence-electron chi connectivity index (χ4n) is 3.08. The molecule has 1 aromatic carbocycles. The van der Waals surface area contributed by atoms with Crippen molar-refractivity contribution in [3.05, 3.63) is 35.9 Å². The number of benzene rings is 1. The number of carbonyl (C=O) groups excluding carboxylic acids is 2. The van der Waals surface area contributed by atoms with Crippen LogP contribution in [0.4, 0.5) is 0 Å². The Bertz CT molecular complexity index is 702. The van der Waals surface area contributed by atoms with Gasteiger partial charge in [-0.2, -0.15) is 0 Å². The highest BCUT2D eigenvalue weighted by molar-refractivity contribution is 5.89. The van der Waals surface area contributed by atoms with Crippen LogP contribution >= 0.6 is 0 Å². The fourth-order valence-corrected chi connectivity index (χ4v) is 3.08. The Kier molecular flexibility index (Phi) is 25.5. The van der Waals surface area contributed by atoms with E-state index in [0.29, 0.717) is 104 Å². The first-order chi connectivity index (χ1) is 19.7. The molecule has 1 rings (SSSR count). The van der Waals surface area contributed by atoms with Crippen LogP contribution in [0, 0.1) is 0 Å². The number of carbonyl (C=O) groups is 2. The predicted molar refractivity (Wildman–Crippen MR) is 148 cm³/mol. The minimum absolute atomic E-state index is 0.163. The van der Waals surface area contributed by atoms with Crippen LogP contribution in [0.3, 0.4) is 0 Å². The molecule has 0 aliphatic rings. The summed E-state index contributed by atoms with van der Waals surface area (Å²) in [4.78, 5) is 23.2. The van der Waals surface area contributed by atoms with E-state index in [1.165, 1.54) is 0 Å². The first-order valence-electron chi connectivity index (χ1n) is 14.2. The van der Waals surface area contributed by atoms with Gasteiger partial charge in [0.2, 0.25) is 0 Å².